The molecule has 1 aliphatic rings. The van der Waals surface area contributed by atoms with Gasteiger partial charge in [0.25, 0.3) is 0 Å². The third-order valence-electron chi connectivity index (χ3n) is 5.21. The minimum atomic E-state index is -0.996. The topological polar surface area (TPSA) is 27.7 Å². The summed E-state index contributed by atoms with van der Waals surface area (Å²) in [5.74, 6) is -1.97. The molecule has 2 aromatic carbocycles. The summed E-state index contributed by atoms with van der Waals surface area (Å²) < 4.78 is 45.4. The van der Waals surface area contributed by atoms with Gasteiger partial charge in [0.05, 0.1) is 19.8 Å². The van der Waals surface area contributed by atoms with Crippen molar-refractivity contribution >= 4 is 0 Å². The Morgan fingerprint density at radius 1 is 0.897 bits per heavy atom. The number of halogens is 2. The fourth-order valence-corrected chi connectivity index (χ4v) is 3.46. The first-order valence-corrected chi connectivity index (χ1v) is 10.6. The van der Waals surface area contributed by atoms with Gasteiger partial charge < -0.3 is 14.2 Å². The van der Waals surface area contributed by atoms with Crippen LogP contribution in [0.4, 0.5) is 8.78 Å². The lowest BCUT2D eigenvalue weighted by Crippen LogP contribution is -2.26. The number of aryl methyl sites for hydroxylation is 1. The minimum absolute atomic E-state index is 0.0658. The van der Waals surface area contributed by atoms with E-state index in [1.165, 1.54) is 37.0 Å². The number of hydrogen-bond donors (Lipinski definition) is 0. The summed E-state index contributed by atoms with van der Waals surface area (Å²) in [5.41, 5.74) is 2.54. The van der Waals surface area contributed by atoms with Gasteiger partial charge in [0.15, 0.2) is 17.9 Å². The van der Waals surface area contributed by atoms with Crippen LogP contribution in [0.15, 0.2) is 36.4 Å². The fourth-order valence-electron chi connectivity index (χ4n) is 3.46. The fraction of sp³-hybridized carbons (Fsp3) is 0.500. The Morgan fingerprint density at radius 3 is 2.28 bits per heavy atom. The summed E-state index contributed by atoms with van der Waals surface area (Å²) in [7, 11) is 0. The highest BCUT2D eigenvalue weighted by Crippen LogP contribution is 2.34. The van der Waals surface area contributed by atoms with Crippen LogP contribution in [-0.4, -0.2) is 19.8 Å². The number of unbranched alkanes of at least 4 members (excludes halogenated alkanes) is 2. The third kappa shape index (κ3) is 5.55. The first-order valence-electron chi connectivity index (χ1n) is 10.6. The maximum absolute atomic E-state index is 14.5. The predicted molar refractivity (Wildman–Crippen MR) is 109 cm³/mol. The van der Waals surface area contributed by atoms with Gasteiger partial charge in [-0.25, -0.2) is 4.39 Å². The largest absolute Gasteiger partial charge is 0.490 e. The third-order valence-corrected chi connectivity index (χ3v) is 5.21. The molecule has 5 heteroatoms. The summed E-state index contributed by atoms with van der Waals surface area (Å²) in [6, 6.07) is 11.4. The molecule has 0 spiro atoms. The number of ether oxygens (including phenoxy) is 3. The van der Waals surface area contributed by atoms with Gasteiger partial charge in [-0.2, -0.15) is 4.39 Å². The maximum atomic E-state index is 14.5. The van der Waals surface area contributed by atoms with E-state index >= 15 is 0 Å². The number of benzene rings is 2. The van der Waals surface area contributed by atoms with Crippen LogP contribution in [0.3, 0.4) is 0 Å². The molecule has 0 unspecified atom stereocenters. The summed E-state index contributed by atoms with van der Waals surface area (Å²) in [6.45, 7) is 5.24. The standard InChI is InChI=1S/C24H30F2O3/c1-3-5-6-7-17-8-10-18(11-9-17)19-15-28-24(29-16-19)20-12-13-21(27-14-4-2)23(26)22(20)25/h8-13,19,24H,3-7,14-16H2,1-2H3. The lowest BCUT2D eigenvalue weighted by atomic mass is 9.97. The van der Waals surface area contributed by atoms with Crippen molar-refractivity contribution in [1.82, 2.24) is 0 Å². The van der Waals surface area contributed by atoms with Gasteiger partial charge in [0.2, 0.25) is 5.82 Å². The molecule has 3 nitrogen and oxygen atoms in total. The Bertz CT molecular complexity index is 768. The molecule has 29 heavy (non-hydrogen) atoms. The van der Waals surface area contributed by atoms with E-state index in [1.807, 2.05) is 6.92 Å². The van der Waals surface area contributed by atoms with Crippen LogP contribution in [0, 0.1) is 11.6 Å². The summed E-state index contributed by atoms with van der Waals surface area (Å²) in [5, 5.41) is 0. The van der Waals surface area contributed by atoms with Crippen molar-refractivity contribution in [2.24, 2.45) is 0 Å². The van der Waals surface area contributed by atoms with Gasteiger partial charge in [-0.1, -0.05) is 51.0 Å². The van der Waals surface area contributed by atoms with Crippen molar-refractivity contribution in [3.05, 3.63) is 64.7 Å². The highest BCUT2D eigenvalue weighted by Gasteiger charge is 2.28. The van der Waals surface area contributed by atoms with E-state index in [1.54, 1.807) is 0 Å². The van der Waals surface area contributed by atoms with Crippen molar-refractivity contribution in [3.63, 3.8) is 0 Å². The van der Waals surface area contributed by atoms with Crippen LogP contribution in [0.25, 0.3) is 0 Å². The molecule has 0 saturated carbocycles. The molecule has 2 aromatic rings. The summed E-state index contributed by atoms with van der Waals surface area (Å²) in [6.07, 6.45) is 4.58. The summed E-state index contributed by atoms with van der Waals surface area (Å²) >= 11 is 0. The molecule has 0 aromatic heterocycles. The lowest BCUT2D eigenvalue weighted by Gasteiger charge is -2.30. The zero-order chi connectivity index (χ0) is 20.6. The monoisotopic (exact) mass is 404 g/mol. The number of rotatable bonds is 9. The first kappa shape index (κ1) is 21.7. The van der Waals surface area contributed by atoms with E-state index < -0.39 is 17.9 Å². The van der Waals surface area contributed by atoms with Crippen molar-refractivity contribution < 1.29 is 23.0 Å². The van der Waals surface area contributed by atoms with E-state index in [0.717, 1.165) is 18.4 Å². The Balaban J connectivity index is 1.58. The predicted octanol–water partition coefficient (Wildman–Crippen LogP) is 6.32. The lowest BCUT2D eigenvalue weighted by molar-refractivity contribution is -0.193. The smallest absolute Gasteiger partial charge is 0.201 e. The summed E-state index contributed by atoms with van der Waals surface area (Å²) in [4.78, 5) is 0. The highest BCUT2D eigenvalue weighted by molar-refractivity contribution is 5.32. The molecule has 1 saturated heterocycles. The molecule has 1 heterocycles. The molecule has 1 fully saturated rings. The average molecular weight is 404 g/mol. The zero-order valence-electron chi connectivity index (χ0n) is 17.3. The van der Waals surface area contributed by atoms with E-state index in [9.17, 15) is 8.78 Å². The van der Waals surface area contributed by atoms with E-state index in [4.69, 9.17) is 14.2 Å². The molecule has 0 radical (unpaired) electrons. The SMILES string of the molecule is CCCCCc1ccc(C2COC(c3ccc(OCCC)c(F)c3F)OC2)cc1. The molecule has 0 atom stereocenters. The van der Waals surface area contributed by atoms with Crippen LogP contribution in [0.5, 0.6) is 5.75 Å². The minimum Gasteiger partial charge on any atom is -0.490 e. The molecule has 0 N–H and O–H groups in total. The second-order valence-electron chi connectivity index (χ2n) is 7.52. The van der Waals surface area contributed by atoms with Crippen LogP contribution >= 0.6 is 0 Å². The van der Waals surface area contributed by atoms with E-state index in [2.05, 4.69) is 31.2 Å². The average Bonchev–Trinajstić information content (AvgIpc) is 2.76. The number of hydrogen-bond acceptors (Lipinski definition) is 3. The normalized spacial score (nSPS) is 19.3. The van der Waals surface area contributed by atoms with Gasteiger partial charge in [-0.3, -0.25) is 0 Å². The molecule has 0 bridgehead atoms. The maximum Gasteiger partial charge on any atom is 0.201 e. The highest BCUT2D eigenvalue weighted by atomic mass is 19.2. The van der Waals surface area contributed by atoms with Crippen molar-refractivity contribution in [3.8, 4) is 5.75 Å². The van der Waals surface area contributed by atoms with Crippen LogP contribution in [0.2, 0.25) is 0 Å². The zero-order valence-corrected chi connectivity index (χ0v) is 17.3. The second-order valence-corrected chi connectivity index (χ2v) is 7.52. The molecule has 1 aliphatic heterocycles. The van der Waals surface area contributed by atoms with Crippen molar-refractivity contribution in [1.29, 1.82) is 0 Å². The molecular weight excluding hydrogens is 374 g/mol. The molecular formula is C24H30F2O3. The Labute approximate surface area is 172 Å². The van der Waals surface area contributed by atoms with Gasteiger partial charge >= 0.3 is 0 Å². The van der Waals surface area contributed by atoms with Gasteiger partial charge in [-0.15, -0.1) is 0 Å². The first-order chi connectivity index (χ1) is 14.1. The van der Waals surface area contributed by atoms with Crippen LogP contribution < -0.4 is 4.74 Å². The van der Waals surface area contributed by atoms with E-state index in [-0.39, 0.29) is 17.2 Å². The Kier molecular flexibility index (Phi) is 8.01. The molecule has 0 aliphatic carbocycles. The Hall–Kier alpha value is -1.98. The van der Waals surface area contributed by atoms with Gasteiger partial charge in [-0.05, 0) is 42.5 Å². The van der Waals surface area contributed by atoms with Crippen LogP contribution in [0.1, 0.15) is 68.4 Å². The van der Waals surface area contributed by atoms with Gasteiger partial charge in [0, 0.05) is 11.5 Å². The molecule has 0 amide bonds. The molecule has 158 valence electrons. The van der Waals surface area contributed by atoms with Crippen molar-refractivity contribution in [2.45, 2.75) is 58.2 Å². The van der Waals surface area contributed by atoms with Gasteiger partial charge in [0.1, 0.15) is 0 Å². The van der Waals surface area contributed by atoms with Crippen LogP contribution in [-0.2, 0) is 15.9 Å². The van der Waals surface area contributed by atoms with Crippen molar-refractivity contribution in [2.75, 3.05) is 19.8 Å². The molecule has 3 rings (SSSR count). The Morgan fingerprint density at radius 2 is 1.62 bits per heavy atom. The van der Waals surface area contributed by atoms with E-state index in [0.29, 0.717) is 19.8 Å². The second kappa shape index (κ2) is 10.7. The quantitative estimate of drug-likeness (QED) is 0.458.